The average Bonchev–Trinajstić information content (AvgIpc) is 2.31. The standard InChI is InChI=1S/C11H10Cl2N4O/c1-2-18-10-4-3-7(6-14-10)15-11-16-8(12)5-9(13)17-11/h3-6H,2H2,1H3,(H,15,16,17). The van der Waals surface area contributed by atoms with Gasteiger partial charge in [-0.05, 0) is 13.0 Å². The minimum atomic E-state index is 0.274. The van der Waals surface area contributed by atoms with Gasteiger partial charge >= 0.3 is 0 Å². The third-order valence-electron chi connectivity index (χ3n) is 1.95. The first-order valence-electron chi connectivity index (χ1n) is 5.23. The Hall–Kier alpha value is -1.59. The van der Waals surface area contributed by atoms with Gasteiger partial charge in [-0.2, -0.15) is 0 Å². The summed E-state index contributed by atoms with van der Waals surface area (Å²) in [6, 6.07) is 5.01. The van der Waals surface area contributed by atoms with Crippen LogP contribution < -0.4 is 10.1 Å². The fraction of sp³-hybridized carbons (Fsp3) is 0.182. The van der Waals surface area contributed by atoms with Gasteiger partial charge in [-0.25, -0.2) is 15.0 Å². The van der Waals surface area contributed by atoms with Gasteiger partial charge in [-0.1, -0.05) is 23.2 Å². The summed E-state index contributed by atoms with van der Waals surface area (Å²) in [5.74, 6) is 0.881. The number of hydrogen-bond acceptors (Lipinski definition) is 5. The molecule has 18 heavy (non-hydrogen) atoms. The predicted octanol–water partition coefficient (Wildman–Crippen LogP) is 3.32. The first-order valence-corrected chi connectivity index (χ1v) is 5.99. The van der Waals surface area contributed by atoms with Gasteiger partial charge in [0.25, 0.3) is 0 Å². The summed E-state index contributed by atoms with van der Waals surface area (Å²) in [5.41, 5.74) is 0.719. The van der Waals surface area contributed by atoms with Crippen LogP contribution in [0.3, 0.4) is 0 Å². The quantitative estimate of drug-likeness (QED) is 0.873. The van der Waals surface area contributed by atoms with Crippen LogP contribution in [-0.4, -0.2) is 21.6 Å². The molecule has 0 atom stereocenters. The van der Waals surface area contributed by atoms with E-state index in [1.54, 1.807) is 18.3 Å². The Balaban J connectivity index is 2.13. The lowest BCUT2D eigenvalue weighted by atomic mass is 10.4. The van der Waals surface area contributed by atoms with E-state index >= 15 is 0 Å². The molecule has 0 aromatic carbocycles. The molecule has 0 spiro atoms. The number of anilines is 2. The minimum absolute atomic E-state index is 0.274. The zero-order valence-corrected chi connectivity index (χ0v) is 11.0. The van der Waals surface area contributed by atoms with Crippen LogP contribution in [0, 0.1) is 0 Å². The fourth-order valence-corrected chi connectivity index (χ4v) is 1.69. The van der Waals surface area contributed by atoms with Gasteiger partial charge in [0.2, 0.25) is 11.8 Å². The van der Waals surface area contributed by atoms with Crippen LogP contribution in [0.25, 0.3) is 0 Å². The van der Waals surface area contributed by atoms with E-state index in [9.17, 15) is 0 Å². The van der Waals surface area contributed by atoms with E-state index in [0.29, 0.717) is 18.4 Å². The molecular weight excluding hydrogens is 275 g/mol. The highest BCUT2D eigenvalue weighted by molar-refractivity contribution is 6.33. The van der Waals surface area contributed by atoms with Gasteiger partial charge < -0.3 is 10.1 Å². The lowest BCUT2D eigenvalue weighted by Crippen LogP contribution is -1.99. The smallest absolute Gasteiger partial charge is 0.230 e. The van der Waals surface area contributed by atoms with Crippen LogP contribution in [0.1, 0.15) is 6.92 Å². The topological polar surface area (TPSA) is 59.9 Å². The summed E-state index contributed by atoms with van der Waals surface area (Å²) in [6.45, 7) is 2.47. The second-order valence-corrected chi connectivity index (χ2v) is 4.05. The van der Waals surface area contributed by atoms with Crippen LogP contribution in [0.2, 0.25) is 10.3 Å². The molecule has 7 heteroatoms. The van der Waals surface area contributed by atoms with E-state index in [-0.39, 0.29) is 10.3 Å². The Morgan fingerprint density at radius 1 is 1.22 bits per heavy atom. The third-order valence-corrected chi connectivity index (χ3v) is 2.34. The van der Waals surface area contributed by atoms with Crippen LogP contribution in [0.4, 0.5) is 11.6 Å². The SMILES string of the molecule is CCOc1ccc(Nc2nc(Cl)cc(Cl)n2)cn1. The number of ether oxygens (including phenoxy) is 1. The lowest BCUT2D eigenvalue weighted by Gasteiger charge is -2.06. The zero-order valence-electron chi connectivity index (χ0n) is 9.52. The van der Waals surface area contributed by atoms with Crippen molar-refractivity contribution in [3.05, 3.63) is 34.7 Å². The summed E-state index contributed by atoms with van der Waals surface area (Å²) in [5, 5.41) is 3.49. The summed E-state index contributed by atoms with van der Waals surface area (Å²) in [4.78, 5) is 12.1. The molecule has 0 aliphatic carbocycles. The molecular formula is C11H10Cl2N4O. The molecule has 1 N–H and O–H groups in total. The van der Waals surface area contributed by atoms with Crippen molar-refractivity contribution >= 4 is 34.8 Å². The zero-order chi connectivity index (χ0) is 13.0. The van der Waals surface area contributed by atoms with Crippen molar-refractivity contribution in [2.75, 3.05) is 11.9 Å². The third kappa shape index (κ3) is 3.45. The Labute approximate surface area is 114 Å². The predicted molar refractivity (Wildman–Crippen MR) is 70.7 cm³/mol. The van der Waals surface area contributed by atoms with Gasteiger partial charge in [0.05, 0.1) is 18.5 Å². The van der Waals surface area contributed by atoms with E-state index in [1.807, 2.05) is 6.92 Å². The molecule has 0 aliphatic heterocycles. The number of nitrogens with zero attached hydrogens (tertiary/aromatic N) is 3. The maximum Gasteiger partial charge on any atom is 0.230 e. The van der Waals surface area contributed by atoms with Gasteiger partial charge in [0.1, 0.15) is 10.3 Å². The molecule has 5 nitrogen and oxygen atoms in total. The summed E-state index contributed by atoms with van der Waals surface area (Å²) >= 11 is 11.5. The molecule has 0 bridgehead atoms. The first-order chi connectivity index (χ1) is 8.67. The van der Waals surface area contributed by atoms with Gasteiger partial charge in [-0.3, -0.25) is 0 Å². The number of rotatable bonds is 4. The van der Waals surface area contributed by atoms with Crippen molar-refractivity contribution in [3.8, 4) is 5.88 Å². The highest BCUT2D eigenvalue weighted by Gasteiger charge is 2.03. The fourth-order valence-electron chi connectivity index (χ4n) is 1.26. The Morgan fingerprint density at radius 2 is 1.94 bits per heavy atom. The summed E-state index contributed by atoms with van der Waals surface area (Å²) < 4.78 is 5.24. The Bertz CT molecular complexity index is 513. The van der Waals surface area contributed by atoms with Crippen LogP contribution in [-0.2, 0) is 0 Å². The van der Waals surface area contributed by atoms with E-state index in [1.165, 1.54) is 6.07 Å². The van der Waals surface area contributed by atoms with E-state index in [2.05, 4.69) is 20.3 Å². The van der Waals surface area contributed by atoms with Crippen LogP contribution in [0.5, 0.6) is 5.88 Å². The molecule has 2 aromatic heterocycles. The monoisotopic (exact) mass is 284 g/mol. The normalized spacial score (nSPS) is 10.2. The van der Waals surface area contributed by atoms with E-state index in [4.69, 9.17) is 27.9 Å². The van der Waals surface area contributed by atoms with E-state index < -0.39 is 0 Å². The molecule has 2 heterocycles. The largest absolute Gasteiger partial charge is 0.478 e. The van der Waals surface area contributed by atoms with Crippen molar-refractivity contribution in [2.24, 2.45) is 0 Å². The van der Waals surface area contributed by atoms with E-state index in [0.717, 1.165) is 5.69 Å². The van der Waals surface area contributed by atoms with Crippen molar-refractivity contribution in [3.63, 3.8) is 0 Å². The highest BCUT2D eigenvalue weighted by Crippen LogP contribution is 2.19. The highest BCUT2D eigenvalue weighted by atomic mass is 35.5. The van der Waals surface area contributed by atoms with Crippen molar-refractivity contribution < 1.29 is 4.74 Å². The van der Waals surface area contributed by atoms with Gasteiger partial charge in [-0.15, -0.1) is 0 Å². The van der Waals surface area contributed by atoms with Crippen molar-refractivity contribution in [2.45, 2.75) is 6.92 Å². The minimum Gasteiger partial charge on any atom is -0.478 e. The molecule has 2 rings (SSSR count). The lowest BCUT2D eigenvalue weighted by molar-refractivity contribution is 0.327. The molecule has 0 saturated heterocycles. The van der Waals surface area contributed by atoms with Crippen LogP contribution >= 0.6 is 23.2 Å². The number of pyridine rings is 1. The second kappa shape index (κ2) is 5.84. The molecule has 0 radical (unpaired) electrons. The molecule has 94 valence electrons. The molecule has 2 aromatic rings. The van der Waals surface area contributed by atoms with Gasteiger partial charge in [0.15, 0.2) is 0 Å². The summed E-state index contributed by atoms with van der Waals surface area (Å²) in [7, 11) is 0. The first kappa shape index (κ1) is 12.9. The molecule has 0 aliphatic rings. The number of aromatic nitrogens is 3. The molecule has 0 unspecified atom stereocenters. The maximum absolute atomic E-state index is 5.77. The Morgan fingerprint density at radius 3 is 2.50 bits per heavy atom. The molecule has 0 amide bonds. The van der Waals surface area contributed by atoms with Crippen molar-refractivity contribution in [1.29, 1.82) is 0 Å². The Kier molecular flexibility index (Phi) is 4.17. The van der Waals surface area contributed by atoms with Crippen molar-refractivity contribution in [1.82, 2.24) is 15.0 Å². The van der Waals surface area contributed by atoms with Crippen LogP contribution in [0.15, 0.2) is 24.4 Å². The van der Waals surface area contributed by atoms with Gasteiger partial charge in [0, 0.05) is 12.1 Å². The number of halogens is 2. The summed E-state index contributed by atoms with van der Waals surface area (Å²) in [6.07, 6.45) is 1.61. The molecule has 0 saturated carbocycles. The molecule has 0 fully saturated rings. The second-order valence-electron chi connectivity index (χ2n) is 3.28. The number of nitrogens with one attached hydrogen (secondary N) is 1. The average molecular weight is 285 g/mol. The number of hydrogen-bond donors (Lipinski definition) is 1. The maximum atomic E-state index is 5.77.